The Morgan fingerprint density at radius 2 is 2.00 bits per heavy atom. The van der Waals surface area contributed by atoms with Gasteiger partial charge in [-0.05, 0) is 36.2 Å². The lowest BCUT2D eigenvalue weighted by Crippen LogP contribution is -2.44. The highest BCUT2D eigenvalue weighted by molar-refractivity contribution is 5.43. The first kappa shape index (κ1) is 13.9. The Hall–Kier alpha value is -2.07. The molecule has 0 unspecified atom stereocenters. The average molecular weight is 283 g/mol. The van der Waals surface area contributed by atoms with Gasteiger partial charge in [0.2, 0.25) is 0 Å². The van der Waals surface area contributed by atoms with Crippen molar-refractivity contribution in [2.24, 2.45) is 0 Å². The van der Waals surface area contributed by atoms with Crippen molar-refractivity contribution in [3.8, 4) is 5.75 Å². The number of nitrogens with zero attached hydrogens (tertiary/aromatic N) is 3. The van der Waals surface area contributed by atoms with Crippen LogP contribution in [0.4, 0.5) is 5.69 Å². The fraction of sp³-hybridized carbons (Fsp3) is 0.353. The van der Waals surface area contributed by atoms with E-state index in [1.807, 2.05) is 30.6 Å². The van der Waals surface area contributed by atoms with Crippen LogP contribution in [0.15, 0.2) is 48.8 Å². The molecule has 0 N–H and O–H groups in total. The van der Waals surface area contributed by atoms with Crippen molar-refractivity contribution in [1.29, 1.82) is 0 Å². The normalized spacial score (nSPS) is 16.0. The van der Waals surface area contributed by atoms with Crippen molar-refractivity contribution >= 4 is 5.69 Å². The van der Waals surface area contributed by atoms with Gasteiger partial charge in [0.15, 0.2) is 0 Å². The molecule has 4 nitrogen and oxygen atoms in total. The molecule has 3 rings (SSSR count). The van der Waals surface area contributed by atoms with Gasteiger partial charge in [-0.1, -0.05) is 12.1 Å². The number of ether oxygens (including phenoxy) is 1. The van der Waals surface area contributed by atoms with Gasteiger partial charge in [-0.25, -0.2) is 0 Å². The first-order valence-electron chi connectivity index (χ1n) is 7.35. The predicted octanol–water partition coefficient (Wildman–Crippen LogP) is 2.76. The summed E-state index contributed by atoms with van der Waals surface area (Å²) >= 11 is 0. The SMILES string of the molecule is COc1ccc(CN2CCCN(c3cccnc3)C2)cc1. The minimum atomic E-state index is 0.911. The molecule has 1 aliphatic rings. The number of hydrogen-bond donors (Lipinski definition) is 0. The minimum Gasteiger partial charge on any atom is -0.497 e. The summed E-state index contributed by atoms with van der Waals surface area (Å²) in [6.45, 7) is 4.17. The summed E-state index contributed by atoms with van der Waals surface area (Å²) in [5.41, 5.74) is 2.53. The Morgan fingerprint density at radius 1 is 1.14 bits per heavy atom. The Kier molecular flexibility index (Phi) is 4.36. The number of benzene rings is 1. The van der Waals surface area contributed by atoms with Crippen molar-refractivity contribution in [3.63, 3.8) is 0 Å². The lowest BCUT2D eigenvalue weighted by Gasteiger charge is -2.36. The number of aromatic nitrogens is 1. The number of anilines is 1. The van der Waals surface area contributed by atoms with Crippen molar-refractivity contribution < 1.29 is 4.74 Å². The maximum Gasteiger partial charge on any atom is 0.118 e. The van der Waals surface area contributed by atoms with Crippen LogP contribution in [0.2, 0.25) is 0 Å². The van der Waals surface area contributed by atoms with Crippen LogP contribution in [0, 0.1) is 0 Å². The summed E-state index contributed by atoms with van der Waals surface area (Å²) in [4.78, 5) is 9.07. The van der Waals surface area contributed by atoms with E-state index < -0.39 is 0 Å². The molecule has 0 radical (unpaired) electrons. The summed E-state index contributed by atoms with van der Waals surface area (Å²) < 4.78 is 5.21. The topological polar surface area (TPSA) is 28.6 Å². The molecule has 1 aromatic carbocycles. The molecular weight excluding hydrogens is 262 g/mol. The van der Waals surface area contributed by atoms with Crippen LogP contribution in [-0.4, -0.2) is 36.8 Å². The number of hydrogen-bond acceptors (Lipinski definition) is 4. The molecule has 0 spiro atoms. The fourth-order valence-corrected chi connectivity index (χ4v) is 2.74. The van der Waals surface area contributed by atoms with E-state index in [0.717, 1.165) is 32.1 Å². The van der Waals surface area contributed by atoms with E-state index in [9.17, 15) is 0 Å². The van der Waals surface area contributed by atoms with Gasteiger partial charge >= 0.3 is 0 Å². The van der Waals surface area contributed by atoms with Gasteiger partial charge in [0.25, 0.3) is 0 Å². The molecule has 0 aliphatic carbocycles. The third-order valence-corrected chi connectivity index (χ3v) is 3.85. The van der Waals surface area contributed by atoms with Crippen molar-refractivity contribution in [2.75, 3.05) is 31.8 Å². The van der Waals surface area contributed by atoms with Crippen LogP contribution < -0.4 is 9.64 Å². The van der Waals surface area contributed by atoms with Gasteiger partial charge in [-0.2, -0.15) is 0 Å². The summed E-state index contributed by atoms with van der Waals surface area (Å²) in [7, 11) is 1.70. The number of pyridine rings is 1. The van der Waals surface area contributed by atoms with E-state index in [4.69, 9.17) is 4.74 Å². The molecule has 110 valence electrons. The van der Waals surface area contributed by atoms with Crippen LogP contribution in [0.1, 0.15) is 12.0 Å². The molecular formula is C17H21N3O. The molecule has 0 atom stereocenters. The summed E-state index contributed by atoms with van der Waals surface area (Å²) in [5.74, 6) is 0.911. The summed E-state index contributed by atoms with van der Waals surface area (Å²) in [6.07, 6.45) is 4.95. The van der Waals surface area contributed by atoms with Gasteiger partial charge in [0, 0.05) is 25.8 Å². The molecule has 4 heteroatoms. The largest absolute Gasteiger partial charge is 0.497 e. The molecule has 1 fully saturated rings. The minimum absolute atomic E-state index is 0.911. The maximum absolute atomic E-state index is 5.21. The number of rotatable bonds is 4. The standard InChI is InChI=1S/C17H21N3O/c1-21-17-7-5-15(6-8-17)13-19-10-3-11-20(14-19)16-4-2-9-18-12-16/h2,4-9,12H,3,10-11,13-14H2,1H3. The van der Waals surface area contributed by atoms with E-state index in [1.165, 1.54) is 17.7 Å². The fourth-order valence-electron chi connectivity index (χ4n) is 2.74. The van der Waals surface area contributed by atoms with Crippen LogP contribution in [0.5, 0.6) is 5.75 Å². The van der Waals surface area contributed by atoms with Crippen LogP contribution >= 0.6 is 0 Å². The van der Waals surface area contributed by atoms with E-state index in [1.54, 1.807) is 7.11 Å². The van der Waals surface area contributed by atoms with E-state index in [0.29, 0.717) is 0 Å². The van der Waals surface area contributed by atoms with Gasteiger partial charge in [0.05, 0.1) is 25.7 Å². The van der Waals surface area contributed by atoms with Crippen LogP contribution in [-0.2, 0) is 6.54 Å². The second kappa shape index (κ2) is 6.59. The predicted molar refractivity (Wildman–Crippen MR) is 84.5 cm³/mol. The van der Waals surface area contributed by atoms with E-state index >= 15 is 0 Å². The molecule has 0 saturated carbocycles. The van der Waals surface area contributed by atoms with Gasteiger partial charge < -0.3 is 9.64 Å². The monoisotopic (exact) mass is 283 g/mol. The maximum atomic E-state index is 5.21. The lowest BCUT2D eigenvalue weighted by atomic mass is 10.2. The van der Waals surface area contributed by atoms with Gasteiger partial charge in [-0.3, -0.25) is 9.88 Å². The molecule has 1 saturated heterocycles. The average Bonchev–Trinajstić information content (AvgIpc) is 2.57. The third-order valence-electron chi connectivity index (χ3n) is 3.85. The highest BCUT2D eigenvalue weighted by atomic mass is 16.5. The van der Waals surface area contributed by atoms with Crippen molar-refractivity contribution in [1.82, 2.24) is 9.88 Å². The molecule has 0 amide bonds. The van der Waals surface area contributed by atoms with E-state index in [2.05, 4.69) is 33.0 Å². The van der Waals surface area contributed by atoms with Crippen LogP contribution in [0.3, 0.4) is 0 Å². The van der Waals surface area contributed by atoms with Gasteiger partial charge in [-0.15, -0.1) is 0 Å². The van der Waals surface area contributed by atoms with Crippen molar-refractivity contribution in [3.05, 3.63) is 54.4 Å². The zero-order valence-electron chi connectivity index (χ0n) is 12.4. The molecule has 0 bridgehead atoms. The quantitative estimate of drug-likeness (QED) is 0.862. The van der Waals surface area contributed by atoms with Crippen LogP contribution in [0.25, 0.3) is 0 Å². The second-order valence-electron chi connectivity index (χ2n) is 5.37. The highest BCUT2D eigenvalue weighted by Crippen LogP contribution is 2.19. The molecule has 2 aromatic rings. The third kappa shape index (κ3) is 3.52. The Labute approximate surface area is 126 Å². The molecule has 1 aromatic heterocycles. The van der Waals surface area contributed by atoms with Gasteiger partial charge in [0.1, 0.15) is 5.75 Å². The highest BCUT2D eigenvalue weighted by Gasteiger charge is 2.17. The molecule has 1 aliphatic heterocycles. The number of methoxy groups -OCH3 is 1. The zero-order chi connectivity index (χ0) is 14.5. The first-order valence-corrected chi connectivity index (χ1v) is 7.35. The first-order chi connectivity index (χ1) is 10.3. The summed E-state index contributed by atoms with van der Waals surface area (Å²) in [6, 6.07) is 12.5. The van der Waals surface area contributed by atoms with Crippen molar-refractivity contribution in [2.45, 2.75) is 13.0 Å². The Balaban J connectivity index is 1.63. The van der Waals surface area contributed by atoms with E-state index in [-0.39, 0.29) is 0 Å². The lowest BCUT2D eigenvalue weighted by molar-refractivity contribution is 0.232. The Bertz CT molecular complexity index is 556. The zero-order valence-corrected chi connectivity index (χ0v) is 12.4. The Morgan fingerprint density at radius 3 is 2.71 bits per heavy atom. The molecule has 21 heavy (non-hydrogen) atoms. The second-order valence-corrected chi connectivity index (χ2v) is 5.37. The smallest absolute Gasteiger partial charge is 0.118 e. The summed E-state index contributed by atoms with van der Waals surface area (Å²) in [5, 5.41) is 0. The molecule has 2 heterocycles.